The summed E-state index contributed by atoms with van der Waals surface area (Å²) in [6, 6.07) is 5.04. The first-order valence-corrected chi connectivity index (χ1v) is 17.1. The molecule has 0 bridgehead atoms. The third-order valence-electron chi connectivity index (χ3n) is 15.0. The van der Waals surface area contributed by atoms with E-state index in [2.05, 4.69) is 54.2 Å². The SMILES string of the molecule is C=C(C)[C@@H]1CC[C@]2(CO)CC[C@@]3(C)[C@H]4CCC[C@H]5C(C)(C)C(c6ccc(C(=O)OC)c(F)c6)=CC[C@]5(C)[C@H]4CC[C@]3(C)[C@@H]12. The van der Waals surface area contributed by atoms with E-state index < -0.39 is 11.8 Å². The molecule has 1 N–H and O–H groups in total. The summed E-state index contributed by atoms with van der Waals surface area (Å²) in [5.74, 6) is 1.73. The quantitative estimate of drug-likeness (QED) is 0.281. The van der Waals surface area contributed by atoms with Gasteiger partial charge in [0.05, 0.1) is 12.7 Å². The minimum absolute atomic E-state index is 0.00467. The Bertz CT molecular complexity index is 1340. The van der Waals surface area contributed by atoms with Crippen LogP contribution in [0.15, 0.2) is 36.4 Å². The van der Waals surface area contributed by atoms with Crippen LogP contribution in [0.25, 0.3) is 5.57 Å². The van der Waals surface area contributed by atoms with Crippen molar-refractivity contribution in [2.45, 2.75) is 106 Å². The number of hydrogen-bond donors (Lipinski definition) is 1. The lowest BCUT2D eigenvalue weighted by molar-refractivity contribution is -0.207. The summed E-state index contributed by atoms with van der Waals surface area (Å²) in [4.78, 5) is 12.1. The van der Waals surface area contributed by atoms with Crippen LogP contribution in [0.3, 0.4) is 0 Å². The van der Waals surface area contributed by atoms with Crippen LogP contribution in [0.1, 0.15) is 122 Å². The monoisotopic (exact) mass is 590 g/mol. The number of rotatable bonds is 4. The summed E-state index contributed by atoms with van der Waals surface area (Å²) >= 11 is 0. The first-order chi connectivity index (χ1) is 20.2. The lowest BCUT2D eigenvalue weighted by Gasteiger charge is -2.69. The highest BCUT2D eigenvalue weighted by Crippen LogP contribution is 2.77. The average molecular weight is 591 g/mol. The Labute approximate surface area is 259 Å². The molecule has 9 atom stereocenters. The minimum atomic E-state index is -0.632. The molecule has 1 aromatic rings. The van der Waals surface area contributed by atoms with Gasteiger partial charge in [0.1, 0.15) is 5.82 Å². The molecule has 4 fully saturated rings. The molecule has 1 aromatic carbocycles. The molecule has 0 aromatic heterocycles. The van der Waals surface area contributed by atoms with E-state index in [1.165, 1.54) is 63.2 Å². The van der Waals surface area contributed by atoms with Crippen LogP contribution >= 0.6 is 0 Å². The van der Waals surface area contributed by atoms with Gasteiger partial charge in [0.2, 0.25) is 0 Å². The molecule has 0 radical (unpaired) electrons. The first-order valence-electron chi connectivity index (χ1n) is 17.1. The Balaban J connectivity index is 1.37. The molecule has 6 rings (SSSR count). The number of aliphatic hydroxyl groups excluding tert-OH is 1. The number of carbonyl (C=O) groups excluding carboxylic acids is 1. The van der Waals surface area contributed by atoms with Gasteiger partial charge in [0, 0.05) is 6.61 Å². The van der Waals surface area contributed by atoms with E-state index in [0.717, 1.165) is 24.8 Å². The highest BCUT2D eigenvalue weighted by atomic mass is 19.1. The first kappa shape index (κ1) is 31.1. The molecule has 5 aliphatic carbocycles. The molecular formula is C39H55FO3. The fourth-order valence-electron chi connectivity index (χ4n) is 12.8. The van der Waals surface area contributed by atoms with Crippen LogP contribution in [0.5, 0.6) is 0 Å². The molecule has 0 spiro atoms. The molecule has 43 heavy (non-hydrogen) atoms. The molecule has 0 aliphatic heterocycles. The second kappa shape index (κ2) is 10.3. The number of esters is 1. The maximum Gasteiger partial charge on any atom is 0.340 e. The van der Waals surface area contributed by atoms with Crippen molar-refractivity contribution in [2.75, 3.05) is 13.7 Å². The largest absolute Gasteiger partial charge is 0.465 e. The zero-order valence-electron chi connectivity index (χ0n) is 27.8. The molecule has 3 nitrogen and oxygen atoms in total. The number of allylic oxidation sites excluding steroid dienone is 3. The lowest BCUT2D eigenvalue weighted by atomic mass is 9.35. The predicted octanol–water partition coefficient (Wildman–Crippen LogP) is 9.65. The highest BCUT2D eigenvalue weighted by Gasteiger charge is 2.70. The van der Waals surface area contributed by atoms with Crippen LogP contribution in [-0.4, -0.2) is 24.8 Å². The molecule has 0 unspecified atom stereocenters. The molecule has 4 heteroatoms. The molecule has 0 saturated heterocycles. The third-order valence-corrected chi connectivity index (χ3v) is 15.0. The number of methoxy groups -OCH3 is 1. The Morgan fingerprint density at radius 2 is 1.74 bits per heavy atom. The number of aliphatic hydroxyl groups is 1. The number of carbonyl (C=O) groups is 1. The molecule has 236 valence electrons. The summed E-state index contributed by atoms with van der Waals surface area (Å²) in [5, 5.41) is 10.9. The van der Waals surface area contributed by atoms with Crippen molar-refractivity contribution in [3.05, 3.63) is 53.4 Å². The summed E-state index contributed by atoms with van der Waals surface area (Å²) in [6.07, 6.45) is 14.4. The van der Waals surface area contributed by atoms with Gasteiger partial charge >= 0.3 is 5.97 Å². The van der Waals surface area contributed by atoms with Gasteiger partial charge < -0.3 is 9.84 Å². The Morgan fingerprint density at radius 1 is 1.00 bits per heavy atom. The Morgan fingerprint density at radius 3 is 2.40 bits per heavy atom. The maximum absolute atomic E-state index is 15.1. The van der Waals surface area contributed by atoms with Crippen molar-refractivity contribution in [1.82, 2.24) is 0 Å². The lowest BCUT2D eigenvalue weighted by Crippen LogP contribution is -2.63. The number of benzene rings is 1. The summed E-state index contributed by atoms with van der Waals surface area (Å²) in [6.45, 7) is 19.7. The van der Waals surface area contributed by atoms with Crippen molar-refractivity contribution in [3.8, 4) is 0 Å². The molecule has 0 amide bonds. The van der Waals surface area contributed by atoms with Crippen molar-refractivity contribution in [1.29, 1.82) is 0 Å². The Kier molecular flexibility index (Phi) is 7.43. The van der Waals surface area contributed by atoms with E-state index in [9.17, 15) is 9.90 Å². The minimum Gasteiger partial charge on any atom is -0.465 e. The van der Waals surface area contributed by atoms with Crippen molar-refractivity contribution in [3.63, 3.8) is 0 Å². The second-order valence-electron chi connectivity index (χ2n) is 16.8. The van der Waals surface area contributed by atoms with E-state index >= 15 is 4.39 Å². The summed E-state index contributed by atoms with van der Waals surface area (Å²) in [7, 11) is 1.29. The molecule has 5 aliphatic rings. The number of ether oxygens (including phenoxy) is 1. The zero-order chi connectivity index (χ0) is 31.2. The number of halogens is 1. The normalized spacial score (nSPS) is 43.3. The van der Waals surface area contributed by atoms with Gasteiger partial charge in [-0.05, 0) is 145 Å². The van der Waals surface area contributed by atoms with Gasteiger partial charge in [-0.2, -0.15) is 0 Å². The average Bonchev–Trinajstić information content (AvgIpc) is 3.29. The third kappa shape index (κ3) is 4.16. The van der Waals surface area contributed by atoms with E-state index in [1.54, 1.807) is 12.1 Å². The number of fused-ring (bicyclic) bond motifs is 7. The Hall–Kier alpha value is -1.94. The van der Waals surface area contributed by atoms with Crippen LogP contribution < -0.4 is 0 Å². The van der Waals surface area contributed by atoms with Gasteiger partial charge in [-0.15, -0.1) is 0 Å². The van der Waals surface area contributed by atoms with Gasteiger partial charge in [0.25, 0.3) is 0 Å². The number of hydrogen-bond acceptors (Lipinski definition) is 3. The molecular weight excluding hydrogens is 535 g/mol. The summed E-state index contributed by atoms with van der Waals surface area (Å²) in [5.41, 5.74) is 4.00. The molecule has 4 saturated carbocycles. The van der Waals surface area contributed by atoms with Gasteiger partial charge in [-0.3, -0.25) is 0 Å². The fourth-order valence-corrected chi connectivity index (χ4v) is 12.8. The van der Waals surface area contributed by atoms with Crippen LogP contribution in [-0.2, 0) is 4.74 Å². The second-order valence-corrected chi connectivity index (χ2v) is 16.8. The maximum atomic E-state index is 15.1. The van der Waals surface area contributed by atoms with Crippen molar-refractivity contribution in [2.24, 2.45) is 56.7 Å². The zero-order valence-corrected chi connectivity index (χ0v) is 27.8. The fraction of sp³-hybridized carbons (Fsp3) is 0.718. The summed E-state index contributed by atoms with van der Waals surface area (Å²) < 4.78 is 19.9. The van der Waals surface area contributed by atoms with Crippen molar-refractivity contribution >= 4 is 11.5 Å². The smallest absolute Gasteiger partial charge is 0.340 e. The molecule has 0 heterocycles. The van der Waals surface area contributed by atoms with Gasteiger partial charge in [-0.1, -0.05) is 65.3 Å². The van der Waals surface area contributed by atoms with Crippen LogP contribution in [0.2, 0.25) is 0 Å². The van der Waals surface area contributed by atoms with Crippen molar-refractivity contribution < 1.29 is 19.0 Å². The predicted molar refractivity (Wildman–Crippen MR) is 172 cm³/mol. The van der Waals surface area contributed by atoms with Gasteiger partial charge in [-0.25, -0.2) is 9.18 Å². The van der Waals surface area contributed by atoms with E-state index in [0.29, 0.717) is 36.2 Å². The van der Waals surface area contributed by atoms with E-state index in [-0.39, 0.29) is 32.6 Å². The highest BCUT2D eigenvalue weighted by molar-refractivity contribution is 5.90. The van der Waals surface area contributed by atoms with Crippen LogP contribution in [0, 0.1) is 62.5 Å². The van der Waals surface area contributed by atoms with Crippen LogP contribution in [0.4, 0.5) is 4.39 Å². The van der Waals surface area contributed by atoms with Gasteiger partial charge in [0.15, 0.2) is 0 Å². The standard InChI is InChI=1S/C39H55FO3/c1-24(2)26-14-19-39(23-41)21-20-37(6)30-10-9-11-32-35(3,4)28(25-12-13-27(31(40)22-25)34(42)43-8)15-17-36(32,5)29(30)16-18-38(37,7)33(26)39/h12-13,15,22,26,29-30,32-33,41H,1,9-11,14,16-21,23H2,2-8H3/t26-,29-,30-,32-,33+,36+,37-,38+,39+/m0/s1. The van der Waals surface area contributed by atoms with E-state index in [1.807, 2.05) is 6.07 Å². The topological polar surface area (TPSA) is 46.5 Å². The van der Waals surface area contributed by atoms with E-state index in [4.69, 9.17) is 4.74 Å².